The zero-order valence-corrected chi connectivity index (χ0v) is 18.5. The van der Waals surface area contributed by atoms with Gasteiger partial charge in [0, 0.05) is 12.1 Å². The number of amides is 3. The molecule has 3 aromatic carbocycles. The van der Waals surface area contributed by atoms with Crippen molar-refractivity contribution in [3.63, 3.8) is 0 Å². The molecule has 0 radical (unpaired) electrons. The van der Waals surface area contributed by atoms with Crippen molar-refractivity contribution in [2.45, 2.75) is 19.1 Å². The zero-order chi connectivity index (χ0) is 23.5. The van der Waals surface area contributed by atoms with Gasteiger partial charge in [0.1, 0.15) is 18.3 Å². The highest BCUT2D eigenvalue weighted by atomic mass is 16.5. The summed E-state index contributed by atoms with van der Waals surface area (Å²) in [6.07, 6.45) is 0. The smallest absolute Gasteiger partial charge is 0.328 e. The van der Waals surface area contributed by atoms with Crippen molar-refractivity contribution in [1.29, 1.82) is 0 Å². The largest absolute Gasteiger partial charge is 0.497 e. The van der Waals surface area contributed by atoms with Gasteiger partial charge in [0.25, 0.3) is 5.91 Å². The van der Waals surface area contributed by atoms with Gasteiger partial charge >= 0.3 is 6.03 Å². The van der Waals surface area contributed by atoms with Crippen molar-refractivity contribution in [3.05, 3.63) is 102 Å². The maximum absolute atomic E-state index is 13.4. The van der Waals surface area contributed by atoms with Gasteiger partial charge in [0.05, 0.1) is 7.11 Å². The number of hydrogen-bond donors (Lipinski definition) is 0. The van der Waals surface area contributed by atoms with E-state index in [2.05, 4.69) is 10.1 Å². The van der Waals surface area contributed by atoms with Crippen molar-refractivity contribution in [2.24, 2.45) is 0 Å². The summed E-state index contributed by atoms with van der Waals surface area (Å²) < 4.78 is 10.6. The van der Waals surface area contributed by atoms with Gasteiger partial charge in [-0.15, -0.1) is 0 Å². The van der Waals surface area contributed by atoms with Crippen LogP contribution in [-0.4, -0.2) is 39.0 Å². The Morgan fingerprint density at radius 3 is 2.38 bits per heavy atom. The van der Waals surface area contributed by atoms with Crippen LogP contribution in [0.5, 0.6) is 5.75 Å². The first-order valence-electron chi connectivity index (χ1n) is 10.8. The molecule has 0 N–H and O–H groups in total. The second kappa shape index (κ2) is 9.19. The van der Waals surface area contributed by atoms with E-state index in [0.717, 1.165) is 11.1 Å². The Kier molecular flexibility index (Phi) is 5.78. The molecule has 0 saturated carbocycles. The van der Waals surface area contributed by atoms with Crippen LogP contribution in [-0.2, 0) is 17.9 Å². The molecule has 4 aromatic rings. The van der Waals surface area contributed by atoms with Crippen LogP contribution in [0, 0.1) is 0 Å². The van der Waals surface area contributed by atoms with Gasteiger partial charge in [0.15, 0.2) is 0 Å². The van der Waals surface area contributed by atoms with Crippen LogP contribution >= 0.6 is 0 Å². The monoisotopic (exact) mass is 454 g/mol. The van der Waals surface area contributed by atoms with Gasteiger partial charge in [-0.3, -0.25) is 9.69 Å². The first kappa shape index (κ1) is 21.4. The Balaban J connectivity index is 1.42. The molecule has 1 fully saturated rings. The quantitative estimate of drug-likeness (QED) is 0.383. The molecule has 0 bridgehead atoms. The maximum atomic E-state index is 13.4. The lowest BCUT2D eigenvalue weighted by Crippen LogP contribution is -2.32. The van der Waals surface area contributed by atoms with Crippen LogP contribution in [0.4, 0.5) is 4.79 Å². The van der Waals surface area contributed by atoms with Crippen LogP contribution in [0.15, 0.2) is 89.5 Å². The lowest BCUT2D eigenvalue weighted by Gasteiger charge is -2.22. The summed E-state index contributed by atoms with van der Waals surface area (Å²) in [6, 6.07) is 25.0. The third-order valence-electron chi connectivity index (χ3n) is 5.69. The second-order valence-electron chi connectivity index (χ2n) is 7.88. The van der Waals surface area contributed by atoms with Crippen molar-refractivity contribution >= 4 is 11.9 Å². The molecule has 1 unspecified atom stereocenters. The van der Waals surface area contributed by atoms with Crippen LogP contribution in [0.25, 0.3) is 11.4 Å². The molecule has 1 aromatic heterocycles. The predicted octanol–water partition coefficient (Wildman–Crippen LogP) is 4.45. The maximum Gasteiger partial charge on any atom is 0.328 e. The first-order chi connectivity index (χ1) is 16.6. The van der Waals surface area contributed by atoms with Gasteiger partial charge in [0.2, 0.25) is 11.7 Å². The lowest BCUT2D eigenvalue weighted by atomic mass is 10.1. The van der Waals surface area contributed by atoms with Crippen molar-refractivity contribution in [3.8, 4) is 17.1 Å². The molecule has 1 aliphatic heterocycles. The van der Waals surface area contributed by atoms with E-state index in [1.165, 1.54) is 4.90 Å². The Morgan fingerprint density at radius 2 is 1.65 bits per heavy atom. The van der Waals surface area contributed by atoms with Gasteiger partial charge in [-0.05, 0) is 23.3 Å². The first-order valence-corrected chi connectivity index (χ1v) is 10.8. The Labute approximate surface area is 196 Å². The molecule has 3 amide bonds. The summed E-state index contributed by atoms with van der Waals surface area (Å²) in [5.41, 5.74) is 2.40. The Morgan fingerprint density at radius 1 is 0.912 bits per heavy atom. The molecule has 0 spiro atoms. The normalized spacial score (nSPS) is 15.7. The minimum atomic E-state index is -0.727. The highest BCUT2D eigenvalue weighted by Gasteiger charge is 2.46. The van der Waals surface area contributed by atoms with Crippen molar-refractivity contribution in [2.75, 3.05) is 7.11 Å². The van der Waals surface area contributed by atoms with Gasteiger partial charge in [-0.2, -0.15) is 4.98 Å². The average Bonchev–Trinajstić information content (AvgIpc) is 3.44. The van der Waals surface area contributed by atoms with Crippen molar-refractivity contribution in [1.82, 2.24) is 19.9 Å². The third kappa shape index (κ3) is 4.13. The molecule has 1 saturated heterocycles. The van der Waals surface area contributed by atoms with Gasteiger partial charge in [-0.1, -0.05) is 78.0 Å². The number of methoxy groups -OCH3 is 1. The lowest BCUT2D eigenvalue weighted by molar-refractivity contribution is -0.129. The SMILES string of the molecule is COc1cccc(-c2noc(CN3C(=O)C(c4ccccc4)N(Cc4ccccc4)C3=O)n2)c1. The molecule has 1 aliphatic rings. The number of benzene rings is 3. The van der Waals surface area contributed by atoms with E-state index in [1.54, 1.807) is 18.1 Å². The Hall–Kier alpha value is -4.46. The van der Waals surface area contributed by atoms with E-state index >= 15 is 0 Å². The molecular formula is C26H22N4O4. The fourth-order valence-electron chi connectivity index (χ4n) is 4.02. The molecule has 5 rings (SSSR count). The number of carbonyl (C=O) groups excluding carboxylic acids is 2. The summed E-state index contributed by atoms with van der Waals surface area (Å²) in [6.45, 7) is 0.198. The average molecular weight is 454 g/mol. The zero-order valence-electron chi connectivity index (χ0n) is 18.5. The van der Waals surface area contributed by atoms with E-state index in [4.69, 9.17) is 9.26 Å². The van der Waals surface area contributed by atoms with Crippen molar-refractivity contribution < 1.29 is 18.8 Å². The van der Waals surface area contributed by atoms with Crippen LogP contribution in [0.3, 0.4) is 0 Å². The summed E-state index contributed by atoms with van der Waals surface area (Å²) >= 11 is 0. The number of nitrogens with zero attached hydrogens (tertiary/aromatic N) is 4. The topological polar surface area (TPSA) is 88.8 Å². The van der Waals surface area contributed by atoms with E-state index in [-0.39, 0.29) is 18.3 Å². The molecule has 170 valence electrons. The fraction of sp³-hybridized carbons (Fsp3) is 0.154. The standard InChI is InChI=1S/C26H22N4O4/c1-33-21-14-8-13-20(15-21)24-27-22(34-28-24)17-30-25(31)23(19-11-6-3-7-12-19)29(26(30)32)16-18-9-4-2-5-10-18/h2-15,23H,16-17H2,1H3. The Bertz CT molecular complexity index is 1310. The molecule has 0 aliphatic carbocycles. The van der Waals surface area contributed by atoms with Gasteiger partial charge < -0.3 is 14.2 Å². The molecule has 34 heavy (non-hydrogen) atoms. The number of imide groups is 1. The number of hydrogen-bond acceptors (Lipinski definition) is 6. The summed E-state index contributed by atoms with van der Waals surface area (Å²) in [5, 5.41) is 4.01. The predicted molar refractivity (Wildman–Crippen MR) is 123 cm³/mol. The number of carbonyl (C=O) groups is 2. The number of urea groups is 1. The summed E-state index contributed by atoms with van der Waals surface area (Å²) in [4.78, 5) is 34.0. The summed E-state index contributed by atoms with van der Waals surface area (Å²) in [7, 11) is 1.58. The highest BCUT2D eigenvalue weighted by Crippen LogP contribution is 2.33. The van der Waals surface area contributed by atoms with Gasteiger partial charge in [-0.25, -0.2) is 4.79 Å². The number of ether oxygens (including phenoxy) is 1. The van der Waals surface area contributed by atoms with Crippen LogP contribution < -0.4 is 4.74 Å². The molecular weight excluding hydrogens is 432 g/mol. The fourth-order valence-corrected chi connectivity index (χ4v) is 4.02. The number of rotatable bonds is 7. The minimum Gasteiger partial charge on any atom is -0.497 e. The van der Waals surface area contributed by atoms with E-state index in [9.17, 15) is 9.59 Å². The second-order valence-corrected chi connectivity index (χ2v) is 7.88. The van der Waals surface area contributed by atoms with Crippen LogP contribution in [0.2, 0.25) is 0 Å². The molecule has 8 nitrogen and oxygen atoms in total. The van der Waals surface area contributed by atoms with Crippen LogP contribution in [0.1, 0.15) is 23.1 Å². The van der Waals surface area contributed by atoms with E-state index < -0.39 is 12.1 Å². The van der Waals surface area contributed by atoms with E-state index in [0.29, 0.717) is 23.7 Å². The summed E-state index contributed by atoms with van der Waals surface area (Å²) in [5.74, 6) is 0.867. The molecule has 1 atom stereocenters. The number of aromatic nitrogens is 2. The molecule has 2 heterocycles. The third-order valence-corrected chi connectivity index (χ3v) is 5.69. The highest BCUT2D eigenvalue weighted by molar-refractivity contribution is 6.04. The molecule has 8 heteroatoms. The minimum absolute atomic E-state index is 0.108. The van der Waals surface area contributed by atoms with E-state index in [1.807, 2.05) is 78.9 Å².